The summed E-state index contributed by atoms with van der Waals surface area (Å²) in [5.74, 6) is 0. The molecule has 3 rings (SSSR count). The number of halogens is 2. The molecule has 0 aliphatic heterocycles. The summed E-state index contributed by atoms with van der Waals surface area (Å²) >= 11 is 10.1. The Bertz CT molecular complexity index is 548. The second-order valence-corrected chi connectivity index (χ2v) is 5.84. The minimum atomic E-state index is 0.471. The zero-order chi connectivity index (χ0) is 11.1. The molecule has 0 aromatic heterocycles. The number of rotatable bonds is 0. The van der Waals surface area contributed by atoms with E-state index in [1.807, 2.05) is 0 Å². The van der Waals surface area contributed by atoms with E-state index in [-0.39, 0.29) is 0 Å². The van der Waals surface area contributed by atoms with E-state index in [0.29, 0.717) is 4.83 Å². The predicted molar refractivity (Wildman–Crippen MR) is 73.6 cm³/mol. The molecule has 16 heavy (non-hydrogen) atoms. The average Bonchev–Trinajstić information content (AvgIpc) is 2.31. The van der Waals surface area contributed by atoms with E-state index in [1.54, 1.807) is 0 Å². The summed E-state index contributed by atoms with van der Waals surface area (Å²) in [6.45, 7) is 0. The van der Waals surface area contributed by atoms with Crippen LogP contribution in [0.3, 0.4) is 0 Å². The molecule has 82 valence electrons. The summed E-state index contributed by atoms with van der Waals surface area (Å²) in [6.07, 6.45) is 3.64. The predicted octanol–water partition coefficient (Wildman–Crippen LogP) is 5.27. The van der Waals surface area contributed by atoms with Crippen LogP contribution >= 0.6 is 27.5 Å². The van der Waals surface area contributed by atoms with Gasteiger partial charge in [0.25, 0.3) is 0 Å². The van der Waals surface area contributed by atoms with E-state index in [1.165, 1.54) is 41.2 Å². The lowest BCUT2D eigenvalue weighted by Crippen LogP contribution is -2.05. The van der Waals surface area contributed by atoms with Gasteiger partial charge >= 0.3 is 0 Å². The fraction of sp³-hybridized carbons (Fsp3) is 0.286. The van der Waals surface area contributed by atoms with Crippen LogP contribution in [0.4, 0.5) is 0 Å². The number of alkyl halides is 1. The quantitative estimate of drug-likeness (QED) is 0.581. The Morgan fingerprint density at radius 3 is 2.75 bits per heavy atom. The van der Waals surface area contributed by atoms with Crippen LogP contribution in [0.1, 0.15) is 28.8 Å². The summed E-state index contributed by atoms with van der Waals surface area (Å²) in [7, 11) is 0. The molecule has 0 heterocycles. The van der Waals surface area contributed by atoms with Crippen molar-refractivity contribution in [3.8, 4) is 0 Å². The summed E-state index contributed by atoms with van der Waals surface area (Å²) < 4.78 is 0. The van der Waals surface area contributed by atoms with Gasteiger partial charge in [-0.3, -0.25) is 0 Å². The Labute approximate surface area is 109 Å². The molecule has 0 amide bonds. The molecule has 2 heteroatoms. The summed E-state index contributed by atoms with van der Waals surface area (Å²) in [4.78, 5) is 0.471. The highest BCUT2D eigenvalue weighted by Crippen LogP contribution is 2.41. The molecular weight excluding hydrogens is 284 g/mol. The van der Waals surface area contributed by atoms with Crippen LogP contribution < -0.4 is 0 Å². The highest BCUT2D eigenvalue weighted by Gasteiger charge is 2.20. The first-order valence-corrected chi connectivity index (χ1v) is 6.91. The van der Waals surface area contributed by atoms with Gasteiger partial charge in [-0.15, -0.1) is 0 Å². The van der Waals surface area contributed by atoms with E-state index in [0.717, 1.165) is 5.02 Å². The lowest BCUT2D eigenvalue weighted by molar-refractivity contribution is 0.685. The van der Waals surface area contributed by atoms with E-state index >= 15 is 0 Å². The lowest BCUT2D eigenvalue weighted by atomic mass is 9.87. The third-order valence-corrected chi connectivity index (χ3v) is 4.63. The first-order chi connectivity index (χ1) is 7.77. The van der Waals surface area contributed by atoms with Crippen molar-refractivity contribution in [2.45, 2.75) is 24.1 Å². The maximum atomic E-state index is 6.34. The second kappa shape index (κ2) is 4.05. The normalized spacial score (nSPS) is 19.8. The fourth-order valence-electron chi connectivity index (χ4n) is 2.58. The molecule has 0 radical (unpaired) electrons. The number of hydrogen-bond acceptors (Lipinski definition) is 0. The van der Waals surface area contributed by atoms with Crippen LogP contribution in [-0.4, -0.2) is 0 Å². The molecule has 0 bridgehead atoms. The third-order valence-electron chi connectivity index (χ3n) is 3.36. The van der Waals surface area contributed by atoms with Crippen molar-refractivity contribution in [1.82, 2.24) is 0 Å². The molecule has 1 aliphatic rings. The molecular formula is C14H12BrCl. The van der Waals surface area contributed by atoms with Crippen LogP contribution in [0, 0.1) is 0 Å². The van der Waals surface area contributed by atoms with E-state index in [9.17, 15) is 0 Å². The highest BCUT2D eigenvalue weighted by atomic mass is 79.9. The minimum Gasteiger partial charge on any atom is -0.0839 e. The Morgan fingerprint density at radius 1 is 1.19 bits per heavy atom. The van der Waals surface area contributed by atoms with Gasteiger partial charge in [-0.2, -0.15) is 0 Å². The topological polar surface area (TPSA) is 0 Å². The standard InChI is InChI=1S/C14H12BrCl/c15-13-7-3-6-10-9-4-1-2-5-11(9)14(16)8-12(10)13/h1-2,4-5,8,13H,3,6-7H2. The van der Waals surface area contributed by atoms with Crippen molar-refractivity contribution in [3.63, 3.8) is 0 Å². The molecule has 0 saturated heterocycles. The van der Waals surface area contributed by atoms with Crippen LogP contribution in [0.15, 0.2) is 30.3 Å². The summed E-state index contributed by atoms with van der Waals surface area (Å²) in [5.41, 5.74) is 2.86. The van der Waals surface area contributed by atoms with Crippen molar-refractivity contribution < 1.29 is 0 Å². The zero-order valence-electron chi connectivity index (χ0n) is 8.84. The largest absolute Gasteiger partial charge is 0.0839 e. The van der Waals surface area contributed by atoms with Crippen molar-refractivity contribution in [1.29, 1.82) is 0 Å². The van der Waals surface area contributed by atoms with Crippen molar-refractivity contribution in [3.05, 3.63) is 46.5 Å². The van der Waals surface area contributed by atoms with Gasteiger partial charge < -0.3 is 0 Å². The monoisotopic (exact) mass is 294 g/mol. The molecule has 0 fully saturated rings. The van der Waals surface area contributed by atoms with Gasteiger partial charge in [0, 0.05) is 15.2 Å². The first kappa shape index (κ1) is 10.6. The van der Waals surface area contributed by atoms with Crippen LogP contribution in [0.25, 0.3) is 10.8 Å². The van der Waals surface area contributed by atoms with Crippen molar-refractivity contribution in [2.75, 3.05) is 0 Å². The number of fused-ring (bicyclic) bond motifs is 3. The zero-order valence-corrected chi connectivity index (χ0v) is 11.2. The van der Waals surface area contributed by atoms with Gasteiger partial charge in [0.1, 0.15) is 0 Å². The van der Waals surface area contributed by atoms with E-state index in [4.69, 9.17) is 11.6 Å². The SMILES string of the molecule is Clc1cc2c(c3ccccc13)CCCC2Br. The third kappa shape index (κ3) is 1.57. The smallest absolute Gasteiger partial charge is 0.0487 e. The molecule has 1 atom stereocenters. The molecule has 2 aromatic rings. The van der Waals surface area contributed by atoms with Gasteiger partial charge in [0.05, 0.1) is 0 Å². The average molecular weight is 296 g/mol. The molecule has 0 nitrogen and oxygen atoms in total. The molecule has 0 N–H and O–H groups in total. The summed E-state index contributed by atoms with van der Waals surface area (Å²) in [6, 6.07) is 10.6. The Balaban J connectivity index is 2.38. The van der Waals surface area contributed by atoms with E-state index in [2.05, 4.69) is 46.3 Å². The van der Waals surface area contributed by atoms with Crippen molar-refractivity contribution in [2.24, 2.45) is 0 Å². The van der Waals surface area contributed by atoms with Gasteiger partial charge in [0.2, 0.25) is 0 Å². The van der Waals surface area contributed by atoms with Gasteiger partial charge in [-0.25, -0.2) is 0 Å². The second-order valence-electron chi connectivity index (χ2n) is 4.33. The van der Waals surface area contributed by atoms with Gasteiger partial charge in [-0.1, -0.05) is 51.8 Å². The van der Waals surface area contributed by atoms with Crippen LogP contribution in [-0.2, 0) is 6.42 Å². The van der Waals surface area contributed by atoms with Crippen molar-refractivity contribution >= 4 is 38.3 Å². The summed E-state index contributed by atoms with van der Waals surface area (Å²) in [5, 5.41) is 3.39. The first-order valence-electron chi connectivity index (χ1n) is 5.61. The number of hydrogen-bond donors (Lipinski definition) is 0. The molecule has 1 unspecified atom stereocenters. The van der Waals surface area contributed by atoms with Crippen LogP contribution in [0.2, 0.25) is 5.02 Å². The molecule has 1 aliphatic carbocycles. The fourth-order valence-corrected chi connectivity index (χ4v) is 3.60. The Kier molecular flexibility index (Phi) is 2.68. The molecule has 0 spiro atoms. The Morgan fingerprint density at radius 2 is 1.94 bits per heavy atom. The maximum Gasteiger partial charge on any atom is 0.0487 e. The van der Waals surface area contributed by atoms with Gasteiger partial charge in [0.15, 0.2) is 0 Å². The van der Waals surface area contributed by atoms with Crippen LogP contribution in [0.5, 0.6) is 0 Å². The number of benzene rings is 2. The molecule has 2 aromatic carbocycles. The van der Waals surface area contributed by atoms with Gasteiger partial charge in [-0.05, 0) is 41.8 Å². The minimum absolute atomic E-state index is 0.471. The number of aryl methyl sites for hydroxylation is 1. The molecule has 0 saturated carbocycles. The van der Waals surface area contributed by atoms with E-state index < -0.39 is 0 Å². The highest BCUT2D eigenvalue weighted by molar-refractivity contribution is 9.09. The maximum absolute atomic E-state index is 6.34. The Hall–Kier alpha value is -0.530. The lowest BCUT2D eigenvalue weighted by Gasteiger charge is -2.23.